The highest BCUT2D eigenvalue weighted by molar-refractivity contribution is 6.99. The monoisotopic (exact) mass is 246 g/mol. The van der Waals surface area contributed by atoms with Crippen LogP contribution >= 0.6 is 34.9 Å². The average molecular weight is 247 g/mol. The van der Waals surface area contributed by atoms with Crippen LogP contribution in [0, 0.1) is 0 Å². The molecule has 2 rings (SSSR count). The number of halogens is 2. The van der Waals surface area contributed by atoms with Crippen LogP contribution in [0.5, 0.6) is 11.6 Å². The molecule has 0 saturated carbocycles. The minimum atomic E-state index is 0.245. The fourth-order valence-corrected chi connectivity index (χ4v) is 1.65. The fraction of sp³-hybridized carbons (Fsp3) is 0. The summed E-state index contributed by atoms with van der Waals surface area (Å²) in [6.45, 7) is 0. The van der Waals surface area contributed by atoms with Gasteiger partial charge >= 0.3 is 0 Å². The zero-order valence-corrected chi connectivity index (χ0v) is 9.10. The first-order valence-corrected chi connectivity index (χ1v) is 5.16. The standard InChI is InChI=1S/C8H4Cl2N2OS/c9-5-3-1-2-4-6(5)13-8-7(10)11-14-12-8/h1-4H. The van der Waals surface area contributed by atoms with Crippen LogP contribution in [0.3, 0.4) is 0 Å². The van der Waals surface area contributed by atoms with Gasteiger partial charge in [0.2, 0.25) is 5.15 Å². The summed E-state index contributed by atoms with van der Waals surface area (Å²) in [4.78, 5) is 0. The fourth-order valence-electron chi connectivity index (χ4n) is 0.862. The third-order valence-corrected chi connectivity index (χ3v) is 2.63. The van der Waals surface area contributed by atoms with Crippen molar-refractivity contribution in [1.82, 2.24) is 8.75 Å². The molecule has 1 heterocycles. The lowest BCUT2D eigenvalue weighted by Gasteiger charge is -2.02. The molecule has 6 heteroatoms. The zero-order chi connectivity index (χ0) is 9.97. The van der Waals surface area contributed by atoms with Crippen LogP contribution in [0.2, 0.25) is 10.2 Å². The van der Waals surface area contributed by atoms with Crippen molar-refractivity contribution < 1.29 is 4.74 Å². The second kappa shape index (κ2) is 4.13. The van der Waals surface area contributed by atoms with Crippen LogP contribution in [0.1, 0.15) is 0 Å². The van der Waals surface area contributed by atoms with E-state index >= 15 is 0 Å². The van der Waals surface area contributed by atoms with Crippen molar-refractivity contribution in [3.05, 3.63) is 34.4 Å². The van der Waals surface area contributed by atoms with Gasteiger partial charge in [-0.05, 0) is 12.1 Å². The van der Waals surface area contributed by atoms with E-state index in [1.54, 1.807) is 12.1 Å². The molecule has 0 spiro atoms. The normalized spacial score (nSPS) is 10.1. The summed E-state index contributed by atoms with van der Waals surface area (Å²) in [5, 5.41) is 0.756. The Morgan fingerprint density at radius 2 is 1.93 bits per heavy atom. The zero-order valence-electron chi connectivity index (χ0n) is 6.78. The summed E-state index contributed by atoms with van der Waals surface area (Å²) in [5.41, 5.74) is 0. The molecule has 0 saturated heterocycles. The summed E-state index contributed by atoms with van der Waals surface area (Å²) in [7, 11) is 0. The van der Waals surface area contributed by atoms with Crippen molar-refractivity contribution in [3.8, 4) is 11.6 Å². The van der Waals surface area contributed by atoms with E-state index in [4.69, 9.17) is 27.9 Å². The summed E-state index contributed by atoms with van der Waals surface area (Å²) in [6, 6.07) is 7.09. The maximum absolute atomic E-state index is 5.88. The van der Waals surface area contributed by atoms with E-state index in [1.165, 1.54) is 0 Å². The lowest BCUT2D eigenvalue weighted by Crippen LogP contribution is -1.85. The van der Waals surface area contributed by atoms with E-state index in [0.717, 1.165) is 11.7 Å². The minimum absolute atomic E-state index is 0.245. The molecule has 0 N–H and O–H groups in total. The van der Waals surface area contributed by atoms with Crippen molar-refractivity contribution in [2.24, 2.45) is 0 Å². The van der Waals surface area contributed by atoms with Gasteiger partial charge in [0.05, 0.1) is 16.8 Å². The van der Waals surface area contributed by atoms with Crippen molar-refractivity contribution >= 4 is 34.9 Å². The lowest BCUT2D eigenvalue weighted by molar-refractivity contribution is 0.468. The molecule has 0 atom stereocenters. The molecule has 0 aliphatic heterocycles. The second-order valence-electron chi connectivity index (χ2n) is 2.39. The Morgan fingerprint density at radius 1 is 1.14 bits per heavy atom. The summed E-state index contributed by atoms with van der Waals surface area (Å²) in [5.74, 6) is 0.800. The third-order valence-electron chi connectivity index (χ3n) is 1.46. The topological polar surface area (TPSA) is 35.0 Å². The van der Waals surface area contributed by atoms with Crippen LogP contribution < -0.4 is 4.74 Å². The van der Waals surface area contributed by atoms with Crippen LogP contribution in [-0.4, -0.2) is 8.75 Å². The highest BCUT2D eigenvalue weighted by Crippen LogP contribution is 2.31. The molecule has 14 heavy (non-hydrogen) atoms. The van der Waals surface area contributed by atoms with E-state index in [2.05, 4.69) is 8.75 Å². The van der Waals surface area contributed by atoms with Crippen LogP contribution in [0.4, 0.5) is 0 Å². The number of aromatic nitrogens is 2. The number of rotatable bonds is 2. The Kier molecular flexibility index (Phi) is 2.86. The molecule has 0 aliphatic carbocycles. The van der Waals surface area contributed by atoms with Crippen molar-refractivity contribution in [3.63, 3.8) is 0 Å². The molecule has 2 aromatic rings. The largest absolute Gasteiger partial charge is 0.434 e. The van der Waals surface area contributed by atoms with Gasteiger partial charge in [-0.2, -0.15) is 4.37 Å². The first kappa shape index (κ1) is 9.71. The first-order chi connectivity index (χ1) is 6.77. The van der Waals surface area contributed by atoms with E-state index in [0.29, 0.717) is 10.8 Å². The quantitative estimate of drug-likeness (QED) is 0.812. The number of nitrogens with zero attached hydrogens (tertiary/aromatic N) is 2. The molecule has 3 nitrogen and oxygen atoms in total. The Bertz CT molecular complexity index is 446. The number of benzene rings is 1. The molecule has 1 aromatic carbocycles. The predicted molar refractivity (Wildman–Crippen MR) is 56.4 cm³/mol. The van der Waals surface area contributed by atoms with Crippen LogP contribution in [0.25, 0.3) is 0 Å². The van der Waals surface area contributed by atoms with Gasteiger partial charge in [-0.3, -0.25) is 0 Å². The van der Waals surface area contributed by atoms with Crippen molar-refractivity contribution in [1.29, 1.82) is 0 Å². The Balaban J connectivity index is 2.28. The lowest BCUT2D eigenvalue weighted by atomic mass is 10.3. The molecule has 0 fully saturated rings. The molecule has 0 amide bonds. The molecule has 0 bridgehead atoms. The Morgan fingerprint density at radius 3 is 2.57 bits per heavy atom. The molecule has 0 unspecified atom stereocenters. The van der Waals surface area contributed by atoms with Crippen molar-refractivity contribution in [2.75, 3.05) is 0 Å². The van der Waals surface area contributed by atoms with Gasteiger partial charge < -0.3 is 4.74 Å². The molecular formula is C8H4Cl2N2OS. The van der Waals surface area contributed by atoms with E-state index in [1.807, 2.05) is 12.1 Å². The smallest absolute Gasteiger partial charge is 0.270 e. The van der Waals surface area contributed by atoms with Crippen LogP contribution in [0.15, 0.2) is 24.3 Å². The SMILES string of the molecule is Clc1ccccc1Oc1nsnc1Cl. The maximum Gasteiger partial charge on any atom is 0.270 e. The maximum atomic E-state index is 5.88. The number of hydrogen-bond acceptors (Lipinski definition) is 4. The van der Waals surface area contributed by atoms with Crippen LogP contribution in [-0.2, 0) is 0 Å². The predicted octanol–water partition coefficient (Wildman–Crippen LogP) is 3.64. The minimum Gasteiger partial charge on any atom is -0.434 e. The highest BCUT2D eigenvalue weighted by atomic mass is 35.5. The van der Waals surface area contributed by atoms with Gasteiger partial charge in [-0.1, -0.05) is 35.3 Å². The molecule has 0 radical (unpaired) electrons. The summed E-state index contributed by atoms with van der Waals surface area (Å²) >= 11 is 12.6. The summed E-state index contributed by atoms with van der Waals surface area (Å²) in [6.07, 6.45) is 0. The van der Waals surface area contributed by atoms with Crippen molar-refractivity contribution in [2.45, 2.75) is 0 Å². The highest BCUT2D eigenvalue weighted by Gasteiger charge is 2.09. The summed E-state index contributed by atoms with van der Waals surface area (Å²) < 4.78 is 13.0. The van der Waals surface area contributed by atoms with Gasteiger partial charge in [-0.25, -0.2) is 0 Å². The third kappa shape index (κ3) is 1.97. The molecular weight excluding hydrogens is 243 g/mol. The molecule has 1 aromatic heterocycles. The number of hydrogen-bond donors (Lipinski definition) is 0. The van der Waals surface area contributed by atoms with Gasteiger partial charge in [-0.15, -0.1) is 4.37 Å². The van der Waals surface area contributed by atoms with Gasteiger partial charge in [0, 0.05) is 0 Å². The Labute approximate surface area is 94.6 Å². The first-order valence-electron chi connectivity index (χ1n) is 3.68. The molecule has 72 valence electrons. The number of para-hydroxylation sites is 1. The van der Waals surface area contributed by atoms with E-state index in [-0.39, 0.29) is 11.0 Å². The molecule has 0 aliphatic rings. The second-order valence-corrected chi connectivity index (χ2v) is 3.69. The van der Waals surface area contributed by atoms with Gasteiger partial charge in [0.1, 0.15) is 5.75 Å². The van der Waals surface area contributed by atoms with E-state index < -0.39 is 0 Å². The average Bonchev–Trinajstić information content (AvgIpc) is 2.56. The van der Waals surface area contributed by atoms with E-state index in [9.17, 15) is 0 Å². The van der Waals surface area contributed by atoms with Gasteiger partial charge in [0.25, 0.3) is 5.88 Å². The Hall–Kier alpha value is -0.840. The van der Waals surface area contributed by atoms with Gasteiger partial charge in [0.15, 0.2) is 0 Å². The number of ether oxygens (including phenoxy) is 1.